The van der Waals surface area contributed by atoms with Crippen molar-refractivity contribution in [1.29, 1.82) is 0 Å². The van der Waals surface area contributed by atoms with Crippen LogP contribution >= 0.6 is 0 Å². The second-order valence-corrected chi connectivity index (χ2v) is 9.16. The molecule has 0 saturated heterocycles. The number of carbonyl (C=O) groups is 1. The molecule has 2 N–H and O–H groups in total. The SMILES string of the molecule is O=C(NC1CC2CCC1C2)C1=C[C@H](c2coc3ccccc23)C[C@H](OCCCCO)O1. The van der Waals surface area contributed by atoms with Crippen LogP contribution in [0.15, 0.2) is 46.8 Å². The summed E-state index contributed by atoms with van der Waals surface area (Å²) in [5, 5.41) is 13.3. The molecule has 5 atom stereocenters. The molecule has 0 spiro atoms. The molecule has 6 heteroatoms. The van der Waals surface area contributed by atoms with Crippen molar-refractivity contribution >= 4 is 16.9 Å². The van der Waals surface area contributed by atoms with E-state index < -0.39 is 6.29 Å². The van der Waals surface area contributed by atoms with Crippen LogP contribution in [0.1, 0.15) is 56.4 Å². The summed E-state index contributed by atoms with van der Waals surface area (Å²) in [6.45, 7) is 0.640. The molecule has 1 amide bonds. The highest BCUT2D eigenvalue weighted by atomic mass is 16.7. The molecular formula is C25H31NO5. The van der Waals surface area contributed by atoms with Gasteiger partial charge in [0.25, 0.3) is 5.91 Å². The van der Waals surface area contributed by atoms with Crippen LogP contribution in [0.5, 0.6) is 0 Å². The predicted octanol–water partition coefficient (Wildman–Crippen LogP) is 4.24. The average Bonchev–Trinajstić information content (AvgIpc) is 3.52. The number of benzene rings is 1. The minimum Gasteiger partial charge on any atom is -0.464 e. The van der Waals surface area contributed by atoms with E-state index in [1.807, 2.05) is 30.3 Å². The summed E-state index contributed by atoms with van der Waals surface area (Å²) in [5.41, 5.74) is 1.89. The van der Waals surface area contributed by atoms with Crippen molar-refractivity contribution in [2.45, 2.75) is 63.2 Å². The van der Waals surface area contributed by atoms with E-state index in [1.54, 1.807) is 6.26 Å². The normalized spacial score (nSPS) is 29.7. The molecule has 1 aromatic heterocycles. The molecule has 2 bridgehead atoms. The van der Waals surface area contributed by atoms with E-state index >= 15 is 0 Å². The molecule has 31 heavy (non-hydrogen) atoms. The van der Waals surface area contributed by atoms with Gasteiger partial charge in [-0.3, -0.25) is 4.79 Å². The lowest BCUT2D eigenvalue weighted by Gasteiger charge is -2.30. The number of aliphatic hydroxyl groups is 1. The molecule has 1 aromatic carbocycles. The summed E-state index contributed by atoms with van der Waals surface area (Å²) in [6.07, 6.45) is 10.1. The average molecular weight is 426 g/mol. The summed E-state index contributed by atoms with van der Waals surface area (Å²) in [6, 6.07) is 8.21. The van der Waals surface area contributed by atoms with E-state index in [0.717, 1.165) is 35.3 Å². The van der Waals surface area contributed by atoms with Crippen molar-refractivity contribution in [2.24, 2.45) is 11.8 Å². The second-order valence-electron chi connectivity index (χ2n) is 9.16. The summed E-state index contributed by atoms with van der Waals surface area (Å²) in [7, 11) is 0. The molecule has 2 fully saturated rings. The van der Waals surface area contributed by atoms with Gasteiger partial charge in [0.2, 0.25) is 6.29 Å². The van der Waals surface area contributed by atoms with E-state index in [2.05, 4.69) is 5.32 Å². The number of ether oxygens (including phenoxy) is 2. The van der Waals surface area contributed by atoms with Crippen LogP contribution in [0.2, 0.25) is 0 Å². The first kappa shape index (κ1) is 20.6. The molecule has 2 aliphatic carbocycles. The third-order valence-corrected chi connectivity index (χ3v) is 7.10. The number of unbranched alkanes of at least 4 members (excludes halogenated alkanes) is 1. The van der Waals surface area contributed by atoms with Crippen molar-refractivity contribution in [3.8, 4) is 0 Å². The molecule has 5 rings (SSSR count). The van der Waals surface area contributed by atoms with Crippen LogP contribution in [0.25, 0.3) is 11.0 Å². The van der Waals surface area contributed by atoms with Crippen molar-refractivity contribution in [1.82, 2.24) is 5.32 Å². The van der Waals surface area contributed by atoms with Crippen LogP contribution in [0, 0.1) is 11.8 Å². The zero-order chi connectivity index (χ0) is 21.2. The number of furan rings is 1. The molecule has 166 valence electrons. The van der Waals surface area contributed by atoms with Crippen LogP contribution in [-0.2, 0) is 14.3 Å². The van der Waals surface area contributed by atoms with Gasteiger partial charge in [0, 0.05) is 35.9 Å². The van der Waals surface area contributed by atoms with Crippen molar-refractivity contribution in [2.75, 3.05) is 13.2 Å². The second kappa shape index (κ2) is 9.05. The highest BCUT2D eigenvalue weighted by Gasteiger charge is 2.41. The van der Waals surface area contributed by atoms with Crippen LogP contribution < -0.4 is 5.32 Å². The Morgan fingerprint density at radius 2 is 2.06 bits per heavy atom. The zero-order valence-corrected chi connectivity index (χ0v) is 17.8. The molecule has 2 saturated carbocycles. The van der Waals surface area contributed by atoms with Gasteiger partial charge < -0.3 is 24.3 Å². The summed E-state index contributed by atoms with van der Waals surface area (Å²) in [4.78, 5) is 13.1. The molecular weight excluding hydrogens is 394 g/mol. The van der Waals surface area contributed by atoms with E-state index in [-0.39, 0.29) is 24.5 Å². The van der Waals surface area contributed by atoms with Gasteiger partial charge in [-0.1, -0.05) is 24.6 Å². The zero-order valence-electron chi connectivity index (χ0n) is 17.8. The van der Waals surface area contributed by atoms with Gasteiger partial charge >= 0.3 is 0 Å². The third-order valence-electron chi connectivity index (χ3n) is 7.10. The van der Waals surface area contributed by atoms with Crippen LogP contribution in [0.3, 0.4) is 0 Å². The number of amides is 1. The summed E-state index contributed by atoms with van der Waals surface area (Å²) in [5.74, 6) is 1.55. The van der Waals surface area contributed by atoms with E-state index in [0.29, 0.717) is 31.1 Å². The molecule has 3 aliphatic rings. The smallest absolute Gasteiger partial charge is 0.286 e. The first-order chi connectivity index (χ1) is 15.2. The molecule has 1 aliphatic heterocycles. The highest BCUT2D eigenvalue weighted by molar-refractivity contribution is 5.92. The fraction of sp³-hybridized carbons (Fsp3) is 0.560. The number of carbonyl (C=O) groups excluding carboxylic acids is 1. The lowest BCUT2D eigenvalue weighted by atomic mass is 9.92. The number of hydrogen-bond acceptors (Lipinski definition) is 5. The van der Waals surface area contributed by atoms with Crippen molar-refractivity contribution < 1.29 is 23.8 Å². The standard InChI is InChI=1S/C25H31NO5/c27-9-3-4-10-29-24-14-18(20-15-30-22-6-2-1-5-19(20)22)13-23(31-24)25(28)26-21-12-16-7-8-17(21)11-16/h1-2,5-6,13,15-18,21,24,27H,3-4,7-12,14H2,(H,26,28)/t16?,17?,18-,21?,24+/m0/s1. The fourth-order valence-electron chi connectivity index (χ4n) is 5.51. The first-order valence-corrected chi connectivity index (χ1v) is 11.6. The van der Waals surface area contributed by atoms with E-state index in [4.69, 9.17) is 19.0 Å². The minimum absolute atomic E-state index is 0.0268. The number of para-hydroxylation sites is 1. The maximum Gasteiger partial charge on any atom is 0.286 e. The maximum absolute atomic E-state index is 13.1. The number of hydrogen-bond donors (Lipinski definition) is 2. The number of nitrogens with one attached hydrogen (secondary N) is 1. The van der Waals surface area contributed by atoms with E-state index in [9.17, 15) is 4.79 Å². The Labute approximate surface area is 182 Å². The lowest BCUT2D eigenvalue weighted by Crippen LogP contribution is -2.41. The maximum atomic E-state index is 13.1. The Morgan fingerprint density at radius 3 is 2.87 bits per heavy atom. The highest BCUT2D eigenvalue weighted by Crippen LogP contribution is 2.44. The Kier molecular flexibility index (Phi) is 6.01. The minimum atomic E-state index is -0.497. The van der Waals surface area contributed by atoms with Crippen molar-refractivity contribution in [3.05, 3.63) is 47.9 Å². The van der Waals surface area contributed by atoms with Gasteiger partial charge in [-0.05, 0) is 56.1 Å². The third kappa shape index (κ3) is 4.37. The van der Waals surface area contributed by atoms with E-state index in [1.165, 1.54) is 19.3 Å². The van der Waals surface area contributed by atoms with Gasteiger partial charge in [0.05, 0.1) is 12.9 Å². The van der Waals surface area contributed by atoms with Gasteiger partial charge in [0.15, 0.2) is 5.76 Å². The number of fused-ring (bicyclic) bond motifs is 3. The Balaban J connectivity index is 1.34. The first-order valence-electron chi connectivity index (χ1n) is 11.6. The number of rotatable bonds is 8. The van der Waals surface area contributed by atoms with Gasteiger partial charge in [-0.2, -0.15) is 0 Å². The quantitative estimate of drug-likeness (QED) is 0.619. The topological polar surface area (TPSA) is 80.9 Å². The number of allylic oxidation sites excluding steroid dienone is 1. The summed E-state index contributed by atoms with van der Waals surface area (Å²) >= 11 is 0. The fourth-order valence-corrected chi connectivity index (χ4v) is 5.51. The Bertz CT molecular complexity index is 950. The Hall–Kier alpha value is -2.31. The van der Waals surface area contributed by atoms with Gasteiger partial charge in [-0.25, -0.2) is 0 Å². The molecule has 2 heterocycles. The Morgan fingerprint density at radius 1 is 1.16 bits per heavy atom. The molecule has 0 radical (unpaired) electrons. The molecule has 3 unspecified atom stereocenters. The largest absolute Gasteiger partial charge is 0.464 e. The summed E-state index contributed by atoms with van der Waals surface area (Å²) < 4.78 is 17.7. The van der Waals surface area contributed by atoms with Gasteiger partial charge in [0.1, 0.15) is 5.58 Å². The van der Waals surface area contributed by atoms with Crippen molar-refractivity contribution in [3.63, 3.8) is 0 Å². The predicted molar refractivity (Wildman–Crippen MR) is 116 cm³/mol. The lowest BCUT2D eigenvalue weighted by molar-refractivity contribution is -0.147. The number of aliphatic hydroxyl groups excluding tert-OH is 1. The van der Waals surface area contributed by atoms with Crippen LogP contribution in [-0.4, -0.2) is 36.6 Å². The monoisotopic (exact) mass is 425 g/mol. The molecule has 6 nitrogen and oxygen atoms in total. The molecule has 2 aromatic rings. The van der Waals surface area contributed by atoms with Gasteiger partial charge in [-0.15, -0.1) is 0 Å². The van der Waals surface area contributed by atoms with Crippen LogP contribution in [0.4, 0.5) is 0 Å².